The molecule has 0 aliphatic carbocycles. The molecule has 0 radical (unpaired) electrons. The van der Waals surface area contributed by atoms with Gasteiger partial charge in [-0.1, -0.05) is 0 Å². The van der Waals surface area contributed by atoms with E-state index in [0.29, 0.717) is 0 Å². The fourth-order valence-corrected chi connectivity index (χ4v) is 3.08. The normalized spacial score (nSPS) is 28.1. The monoisotopic (exact) mass is 390 g/mol. The second-order valence-electron chi connectivity index (χ2n) is 5.30. The van der Waals surface area contributed by atoms with Crippen LogP contribution in [0.3, 0.4) is 0 Å². The summed E-state index contributed by atoms with van der Waals surface area (Å²) in [7, 11) is -4.78. The van der Waals surface area contributed by atoms with Crippen molar-refractivity contribution in [2.24, 2.45) is 5.73 Å². The summed E-state index contributed by atoms with van der Waals surface area (Å²) in [5.74, 6) is 0.117. The van der Waals surface area contributed by atoms with Crippen LogP contribution in [0.25, 0.3) is 11.2 Å². The van der Waals surface area contributed by atoms with Crippen LogP contribution in [0.5, 0.6) is 0 Å². The Kier molecular flexibility index (Phi) is 4.79. The smallest absolute Gasteiger partial charge is 0.387 e. The summed E-state index contributed by atoms with van der Waals surface area (Å²) in [5.41, 5.74) is 10.8. The number of aromatic nitrogens is 4. The van der Waals surface area contributed by atoms with Crippen molar-refractivity contribution < 1.29 is 38.3 Å². The van der Waals surface area contributed by atoms with Gasteiger partial charge in [0.05, 0.1) is 12.9 Å². The molecule has 2 aromatic rings. The molecule has 15 heteroatoms. The SMILES string of the molecule is NC(=O)OP(=O)(O)OC[C@H]1O[C@@H](n2cnc3c(N)ncnc32)[C@H](O)[C@@H]1O. The van der Waals surface area contributed by atoms with E-state index in [-0.39, 0.29) is 17.0 Å². The summed E-state index contributed by atoms with van der Waals surface area (Å²) in [6, 6.07) is 0. The summed E-state index contributed by atoms with van der Waals surface area (Å²) >= 11 is 0. The van der Waals surface area contributed by atoms with Gasteiger partial charge in [-0.15, -0.1) is 0 Å². The van der Waals surface area contributed by atoms with Crippen molar-refractivity contribution in [1.29, 1.82) is 0 Å². The van der Waals surface area contributed by atoms with E-state index in [1.165, 1.54) is 17.2 Å². The molecule has 0 saturated carbocycles. The minimum atomic E-state index is -4.78. The number of primary amides is 1. The number of rotatable bonds is 5. The molecule has 0 aromatic carbocycles. The fourth-order valence-electron chi connectivity index (χ4n) is 2.46. The lowest BCUT2D eigenvalue weighted by atomic mass is 10.1. The molecule has 142 valence electrons. The number of aliphatic hydroxyl groups excluding tert-OH is 2. The van der Waals surface area contributed by atoms with Gasteiger partial charge < -0.3 is 30.9 Å². The van der Waals surface area contributed by atoms with Crippen molar-refractivity contribution in [2.75, 3.05) is 12.3 Å². The maximum atomic E-state index is 11.5. The molecular weight excluding hydrogens is 375 g/mol. The van der Waals surface area contributed by atoms with E-state index >= 15 is 0 Å². The van der Waals surface area contributed by atoms with Crippen LogP contribution in [0.1, 0.15) is 6.23 Å². The molecule has 0 spiro atoms. The van der Waals surface area contributed by atoms with Crippen LogP contribution < -0.4 is 11.5 Å². The minimum Gasteiger partial charge on any atom is -0.387 e. The number of nitrogens with two attached hydrogens (primary N) is 2. The minimum absolute atomic E-state index is 0.117. The van der Waals surface area contributed by atoms with Gasteiger partial charge in [0.15, 0.2) is 17.7 Å². The molecule has 1 amide bonds. The Hall–Kier alpha value is -2.35. The molecule has 1 aliphatic heterocycles. The predicted molar refractivity (Wildman–Crippen MR) is 82.1 cm³/mol. The lowest BCUT2D eigenvalue weighted by Crippen LogP contribution is -2.33. The Morgan fingerprint density at radius 3 is 2.77 bits per heavy atom. The van der Waals surface area contributed by atoms with Gasteiger partial charge in [0.1, 0.15) is 30.2 Å². The first kappa shape index (κ1) is 18.4. The van der Waals surface area contributed by atoms with Crippen LogP contribution in [0.15, 0.2) is 12.7 Å². The number of nitrogens with zero attached hydrogens (tertiary/aromatic N) is 4. The van der Waals surface area contributed by atoms with E-state index in [0.717, 1.165) is 0 Å². The van der Waals surface area contributed by atoms with E-state index in [4.69, 9.17) is 10.5 Å². The molecule has 1 fully saturated rings. The summed E-state index contributed by atoms with van der Waals surface area (Å²) < 4.78 is 26.7. The van der Waals surface area contributed by atoms with Crippen molar-refractivity contribution in [3.63, 3.8) is 0 Å². The van der Waals surface area contributed by atoms with Crippen LogP contribution in [0.4, 0.5) is 10.6 Å². The quantitative estimate of drug-likeness (QED) is 0.359. The number of imidazole rings is 1. The number of anilines is 1. The Balaban J connectivity index is 1.76. The van der Waals surface area contributed by atoms with Gasteiger partial charge in [0, 0.05) is 0 Å². The van der Waals surface area contributed by atoms with Crippen molar-refractivity contribution in [3.8, 4) is 0 Å². The Morgan fingerprint density at radius 2 is 2.08 bits per heavy atom. The average molecular weight is 390 g/mol. The van der Waals surface area contributed by atoms with Crippen LogP contribution >= 0.6 is 7.82 Å². The van der Waals surface area contributed by atoms with Crippen molar-refractivity contribution in [2.45, 2.75) is 24.5 Å². The standard InChI is InChI=1S/C11H15N6O8P/c12-8-5-9(15-2-14-8)17(3-16-5)10-7(19)6(18)4(24-10)1-23-26(21,22)25-11(13)20/h2-4,6-7,10,18-19H,1H2,(H2,13,20)(H,21,22)(H2,12,14,15)/t4-,6-,7-,10-/m1/s1. The maximum absolute atomic E-state index is 11.5. The number of fused-ring (bicyclic) bond motifs is 1. The number of phosphoric acid groups is 1. The first-order chi connectivity index (χ1) is 12.2. The number of hydrogen-bond donors (Lipinski definition) is 5. The maximum Gasteiger partial charge on any atom is 0.530 e. The summed E-state index contributed by atoms with van der Waals surface area (Å²) in [6.45, 7) is -0.667. The van der Waals surface area contributed by atoms with Gasteiger partial charge in [-0.05, 0) is 0 Å². The van der Waals surface area contributed by atoms with Crippen LogP contribution in [-0.4, -0.2) is 65.6 Å². The first-order valence-electron chi connectivity index (χ1n) is 7.10. The molecule has 1 aliphatic rings. The highest BCUT2D eigenvalue weighted by Crippen LogP contribution is 2.44. The number of phosphoric ester groups is 1. The Labute approximate surface area is 144 Å². The molecule has 5 atom stereocenters. The molecule has 3 rings (SSSR count). The number of aliphatic hydroxyl groups is 2. The van der Waals surface area contributed by atoms with Crippen molar-refractivity contribution in [3.05, 3.63) is 12.7 Å². The van der Waals surface area contributed by atoms with Gasteiger partial charge >= 0.3 is 13.9 Å². The third-order valence-electron chi connectivity index (χ3n) is 3.61. The van der Waals surface area contributed by atoms with Gasteiger partial charge in [0.25, 0.3) is 0 Å². The van der Waals surface area contributed by atoms with E-state index in [9.17, 15) is 24.5 Å². The Morgan fingerprint density at radius 1 is 1.35 bits per heavy atom. The van der Waals surface area contributed by atoms with Gasteiger partial charge in [-0.2, -0.15) is 0 Å². The second kappa shape index (κ2) is 6.75. The fraction of sp³-hybridized carbons (Fsp3) is 0.455. The lowest BCUT2D eigenvalue weighted by molar-refractivity contribution is -0.0505. The summed E-state index contributed by atoms with van der Waals surface area (Å²) in [5, 5.41) is 20.3. The molecular formula is C11H15N6O8P. The molecule has 0 bridgehead atoms. The zero-order valence-electron chi connectivity index (χ0n) is 12.9. The molecule has 1 unspecified atom stereocenters. The second-order valence-corrected chi connectivity index (χ2v) is 6.68. The molecule has 3 heterocycles. The van der Waals surface area contributed by atoms with E-state index in [1.807, 2.05) is 0 Å². The predicted octanol–water partition coefficient (Wildman–Crippen LogP) is -1.76. The largest absolute Gasteiger partial charge is 0.530 e. The molecule has 14 nitrogen and oxygen atoms in total. The highest BCUT2D eigenvalue weighted by molar-refractivity contribution is 7.48. The van der Waals surface area contributed by atoms with Gasteiger partial charge in [0.2, 0.25) is 0 Å². The van der Waals surface area contributed by atoms with E-state index in [2.05, 4.69) is 29.7 Å². The average Bonchev–Trinajstić information content (AvgIpc) is 3.08. The molecule has 2 aromatic heterocycles. The number of carbonyl (C=O) groups is 1. The van der Waals surface area contributed by atoms with Gasteiger partial charge in [-0.3, -0.25) is 14.0 Å². The van der Waals surface area contributed by atoms with Crippen molar-refractivity contribution in [1.82, 2.24) is 19.5 Å². The number of nitrogen functional groups attached to an aromatic ring is 1. The van der Waals surface area contributed by atoms with E-state index < -0.39 is 45.1 Å². The topological polar surface area (TPSA) is 218 Å². The van der Waals surface area contributed by atoms with Crippen LogP contribution in [-0.2, 0) is 18.3 Å². The van der Waals surface area contributed by atoms with Gasteiger partial charge in [-0.25, -0.2) is 24.3 Å². The highest BCUT2D eigenvalue weighted by atomic mass is 31.2. The van der Waals surface area contributed by atoms with Crippen molar-refractivity contribution >= 4 is 30.9 Å². The third-order valence-corrected chi connectivity index (χ3v) is 4.49. The Bertz CT molecular complexity index is 875. The zero-order valence-corrected chi connectivity index (χ0v) is 13.8. The highest BCUT2D eigenvalue weighted by Gasteiger charge is 2.45. The number of hydrogen-bond acceptors (Lipinski definition) is 11. The number of ether oxygens (including phenoxy) is 1. The molecule has 7 N–H and O–H groups in total. The first-order valence-corrected chi connectivity index (χ1v) is 8.60. The third kappa shape index (κ3) is 3.46. The van der Waals surface area contributed by atoms with Crippen LogP contribution in [0, 0.1) is 0 Å². The van der Waals surface area contributed by atoms with Crippen LogP contribution in [0.2, 0.25) is 0 Å². The zero-order chi connectivity index (χ0) is 19.1. The lowest BCUT2D eigenvalue weighted by Gasteiger charge is -2.17. The molecule has 1 saturated heterocycles. The molecule has 26 heavy (non-hydrogen) atoms. The number of amides is 1. The summed E-state index contributed by atoms with van der Waals surface area (Å²) in [6.07, 6.45) is -4.30. The van der Waals surface area contributed by atoms with E-state index in [1.54, 1.807) is 0 Å². The number of carbonyl (C=O) groups excluding carboxylic acids is 1. The summed E-state index contributed by atoms with van der Waals surface area (Å²) in [4.78, 5) is 31.6.